The fraction of sp³-hybridized carbons (Fsp3) is 0.368. The number of rotatable bonds is 4. The van der Waals surface area contributed by atoms with Gasteiger partial charge in [-0.2, -0.15) is 0 Å². The molecule has 0 saturated heterocycles. The van der Waals surface area contributed by atoms with Crippen molar-refractivity contribution in [3.05, 3.63) is 47.1 Å². The molecule has 0 spiro atoms. The molecule has 1 saturated carbocycles. The second kappa shape index (κ2) is 7.67. The Hall–Kier alpha value is -2.07. The van der Waals surface area contributed by atoms with Gasteiger partial charge in [-0.15, -0.1) is 0 Å². The smallest absolute Gasteiger partial charge is 0.227 e. The van der Waals surface area contributed by atoms with Crippen LogP contribution in [0.2, 0.25) is 5.02 Å². The lowest BCUT2D eigenvalue weighted by Crippen LogP contribution is -2.24. The van der Waals surface area contributed by atoms with Gasteiger partial charge < -0.3 is 10.6 Å². The molecule has 3 rings (SSSR count). The van der Waals surface area contributed by atoms with Crippen molar-refractivity contribution in [2.24, 2.45) is 5.92 Å². The summed E-state index contributed by atoms with van der Waals surface area (Å²) in [6, 6.07) is 9.45. The Morgan fingerprint density at radius 1 is 1.17 bits per heavy atom. The summed E-state index contributed by atoms with van der Waals surface area (Å²) in [7, 11) is 0. The first-order valence-corrected chi connectivity index (χ1v) is 8.80. The molecule has 0 aliphatic heterocycles. The summed E-state index contributed by atoms with van der Waals surface area (Å²) in [5, 5.41) is 6.94. The number of hydrogen-bond donors (Lipinski definition) is 2. The van der Waals surface area contributed by atoms with Crippen molar-refractivity contribution in [3.8, 4) is 0 Å². The molecule has 1 aliphatic carbocycles. The van der Waals surface area contributed by atoms with Crippen LogP contribution in [0.5, 0.6) is 0 Å². The minimum absolute atomic E-state index is 0.114. The van der Waals surface area contributed by atoms with Gasteiger partial charge in [0.2, 0.25) is 5.91 Å². The van der Waals surface area contributed by atoms with Crippen molar-refractivity contribution in [1.29, 1.82) is 0 Å². The SMILES string of the molecule is Cc1c(Cl)cccc1Nc1ccc(NC(=O)C2CCCCC2)cn1. The van der Waals surface area contributed by atoms with Crippen LogP contribution in [0.15, 0.2) is 36.5 Å². The third-order valence-corrected chi connectivity index (χ3v) is 4.95. The number of aromatic nitrogens is 1. The summed E-state index contributed by atoms with van der Waals surface area (Å²) in [5.41, 5.74) is 2.64. The standard InChI is InChI=1S/C19H22ClN3O/c1-13-16(20)8-5-9-17(13)23-18-11-10-15(12-21-18)22-19(24)14-6-3-2-4-7-14/h5,8-12,14H,2-4,6-7H2,1H3,(H,21,23)(H,22,24). The van der Waals surface area contributed by atoms with E-state index in [1.165, 1.54) is 6.42 Å². The van der Waals surface area contributed by atoms with Crippen molar-refractivity contribution in [2.45, 2.75) is 39.0 Å². The Morgan fingerprint density at radius 2 is 1.96 bits per heavy atom. The molecule has 1 heterocycles. The van der Waals surface area contributed by atoms with Gasteiger partial charge in [-0.05, 0) is 49.6 Å². The number of pyridine rings is 1. The van der Waals surface area contributed by atoms with Crippen molar-refractivity contribution in [2.75, 3.05) is 10.6 Å². The first kappa shape index (κ1) is 16.8. The molecule has 1 aromatic heterocycles. The number of benzene rings is 1. The van der Waals surface area contributed by atoms with Crippen molar-refractivity contribution >= 4 is 34.7 Å². The number of carbonyl (C=O) groups excluding carboxylic acids is 1. The van der Waals surface area contributed by atoms with E-state index in [0.29, 0.717) is 0 Å². The van der Waals surface area contributed by atoms with Crippen LogP contribution >= 0.6 is 11.6 Å². The zero-order valence-electron chi connectivity index (χ0n) is 13.8. The average Bonchev–Trinajstić information content (AvgIpc) is 2.61. The molecule has 0 atom stereocenters. The molecule has 0 unspecified atom stereocenters. The van der Waals surface area contributed by atoms with E-state index in [1.807, 2.05) is 37.3 Å². The van der Waals surface area contributed by atoms with Crippen LogP contribution in [-0.4, -0.2) is 10.9 Å². The van der Waals surface area contributed by atoms with E-state index in [9.17, 15) is 4.79 Å². The van der Waals surface area contributed by atoms with Gasteiger partial charge in [-0.25, -0.2) is 4.98 Å². The molecule has 5 heteroatoms. The van der Waals surface area contributed by atoms with Crippen LogP contribution in [0.4, 0.5) is 17.2 Å². The highest BCUT2D eigenvalue weighted by molar-refractivity contribution is 6.31. The maximum atomic E-state index is 12.3. The Kier molecular flexibility index (Phi) is 5.36. The molecule has 0 bridgehead atoms. The predicted molar refractivity (Wildman–Crippen MR) is 98.9 cm³/mol. The van der Waals surface area contributed by atoms with Gasteiger partial charge in [0, 0.05) is 16.6 Å². The Labute approximate surface area is 147 Å². The van der Waals surface area contributed by atoms with Crippen molar-refractivity contribution < 1.29 is 4.79 Å². The highest BCUT2D eigenvalue weighted by atomic mass is 35.5. The first-order chi connectivity index (χ1) is 11.6. The number of carbonyl (C=O) groups is 1. The molecule has 2 N–H and O–H groups in total. The zero-order valence-corrected chi connectivity index (χ0v) is 14.6. The van der Waals surface area contributed by atoms with Gasteiger partial charge in [0.1, 0.15) is 5.82 Å². The summed E-state index contributed by atoms with van der Waals surface area (Å²) in [4.78, 5) is 16.6. The molecule has 24 heavy (non-hydrogen) atoms. The van der Waals surface area contributed by atoms with E-state index >= 15 is 0 Å². The molecule has 4 nitrogen and oxygen atoms in total. The van der Waals surface area contributed by atoms with Crippen LogP contribution < -0.4 is 10.6 Å². The molecule has 1 aromatic carbocycles. The van der Waals surface area contributed by atoms with Crippen LogP contribution in [0.1, 0.15) is 37.7 Å². The first-order valence-electron chi connectivity index (χ1n) is 8.42. The van der Waals surface area contributed by atoms with Gasteiger partial charge >= 0.3 is 0 Å². The van der Waals surface area contributed by atoms with Gasteiger partial charge in [-0.1, -0.05) is 36.9 Å². The summed E-state index contributed by atoms with van der Waals surface area (Å²) in [5.74, 6) is 0.976. The summed E-state index contributed by atoms with van der Waals surface area (Å²) >= 11 is 6.13. The predicted octanol–water partition coefficient (Wildman–Crippen LogP) is 5.31. The largest absolute Gasteiger partial charge is 0.340 e. The second-order valence-electron chi connectivity index (χ2n) is 6.29. The van der Waals surface area contributed by atoms with E-state index < -0.39 is 0 Å². The number of halogens is 1. The Morgan fingerprint density at radius 3 is 2.67 bits per heavy atom. The van der Waals surface area contributed by atoms with Gasteiger partial charge in [0.25, 0.3) is 0 Å². The van der Waals surface area contributed by atoms with Crippen LogP contribution in [0.25, 0.3) is 0 Å². The van der Waals surface area contributed by atoms with Gasteiger partial charge in [-0.3, -0.25) is 4.79 Å². The topological polar surface area (TPSA) is 54.0 Å². The lowest BCUT2D eigenvalue weighted by molar-refractivity contribution is -0.120. The third kappa shape index (κ3) is 4.06. The highest BCUT2D eigenvalue weighted by Gasteiger charge is 2.21. The lowest BCUT2D eigenvalue weighted by atomic mass is 9.88. The Bertz CT molecular complexity index is 709. The minimum atomic E-state index is 0.114. The molecule has 0 radical (unpaired) electrons. The number of nitrogens with one attached hydrogen (secondary N) is 2. The molecular formula is C19H22ClN3O. The summed E-state index contributed by atoms with van der Waals surface area (Å²) in [6.45, 7) is 1.96. The average molecular weight is 344 g/mol. The van der Waals surface area contributed by atoms with Crippen LogP contribution in [0, 0.1) is 12.8 Å². The molecule has 126 valence electrons. The summed E-state index contributed by atoms with van der Waals surface area (Å²) in [6.07, 6.45) is 7.22. The molecule has 1 fully saturated rings. The minimum Gasteiger partial charge on any atom is -0.340 e. The molecule has 1 amide bonds. The zero-order chi connectivity index (χ0) is 16.9. The molecule has 2 aromatic rings. The number of nitrogens with zero attached hydrogens (tertiary/aromatic N) is 1. The van der Waals surface area contributed by atoms with E-state index in [-0.39, 0.29) is 11.8 Å². The van der Waals surface area contributed by atoms with Crippen LogP contribution in [-0.2, 0) is 4.79 Å². The highest BCUT2D eigenvalue weighted by Crippen LogP contribution is 2.27. The van der Waals surface area contributed by atoms with E-state index in [0.717, 1.165) is 53.5 Å². The van der Waals surface area contributed by atoms with E-state index in [2.05, 4.69) is 15.6 Å². The van der Waals surface area contributed by atoms with Gasteiger partial charge in [0.15, 0.2) is 0 Å². The lowest BCUT2D eigenvalue weighted by Gasteiger charge is -2.20. The van der Waals surface area contributed by atoms with Gasteiger partial charge in [0.05, 0.1) is 11.9 Å². The van der Waals surface area contributed by atoms with E-state index in [4.69, 9.17) is 11.6 Å². The monoisotopic (exact) mass is 343 g/mol. The second-order valence-corrected chi connectivity index (χ2v) is 6.70. The third-order valence-electron chi connectivity index (χ3n) is 4.54. The quantitative estimate of drug-likeness (QED) is 0.791. The molecular weight excluding hydrogens is 322 g/mol. The normalized spacial score (nSPS) is 15.1. The maximum absolute atomic E-state index is 12.3. The number of amides is 1. The summed E-state index contributed by atoms with van der Waals surface area (Å²) < 4.78 is 0. The number of hydrogen-bond acceptors (Lipinski definition) is 3. The fourth-order valence-electron chi connectivity index (χ4n) is 3.03. The molecule has 1 aliphatic rings. The van der Waals surface area contributed by atoms with Crippen molar-refractivity contribution in [1.82, 2.24) is 4.98 Å². The Balaban J connectivity index is 1.62. The maximum Gasteiger partial charge on any atom is 0.227 e. The van der Waals surface area contributed by atoms with Crippen LogP contribution in [0.3, 0.4) is 0 Å². The number of anilines is 3. The van der Waals surface area contributed by atoms with E-state index in [1.54, 1.807) is 6.20 Å². The van der Waals surface area contributed by atoms with Crippen molar-refractivity contribution in [3.63, 3.8) is 0 Å². The fourth-order valence-corrected chi connectivity index (χ4v) is 3.21.